The van der Waals surface area contributed by atoms with E-state index in [9.17, 15) is 18.3 Å². The van der Waals surface area contributed by atoms with Crippen LogP contribution in [0.25, 0.3) is 20.8 Å². The van der Waals surface area contributed by atoms with E-state index >= 15 is 0 Å². The molecule has 184 valence electrons. The Kier molecular flexibility index (Phi) is 6.90. The molecule has 0 radical (unpaired) electrons. The van der Waals surface area contributed by atoms with E-state index in [4.69, 9.17) is 14.2 Å². The number of alkyl halides is 3. The summed E-state index contributed by atoms with van der Waals surface area (Å²) in [5.41, 5.74) is 2.09. The van der Waals surface area contributed by atoms with E-state index in [1.54, 1.807) is 25.3 Å². The number of hydrogen-bond donors (Lipinski definition) is 2. The maximum atomic E-state index is 12.6. The van der Waals surface area contributed by atoms with E-state index in [-0.39, 0.29) is 11.3 Å². The van der Waals surface area contributed by atoms with Crippen molar-refractivity contribution in [1.29, 1.82) is 0 Å². The van der Waals surface area contributed by atoms with Gasteiger partial charge in [-0.15, -0.1) is 24.5 Å². The Bertz CT molecular complexity index is 1340. The third-order valence-corrected chi connectivity index (χ3v) is 6.11. The molecule has 3 aromatic carbocycles. The van der Waals surface area contributed by atoms with Gasteiger partial charge in [0.05, 0.1) is 37.1 Å². The molecule has 0 spiro atoms. The standard InChI is InChI=1S/C24H21F3N2O5S/c1-31-14-5-8-18-21(12-14)35-23(29-18)16-7-4-13(10-20(16)33-3)28-22(30)17-11-15(34-24(25,26)27)6-9-19(17)32-2/h4-12,22,28,30H,1-3H3. The van der Waals surface area contributed by atoms with Gasteiger partial charge in [-0.3, -0.25) is 0 Å². The van der Waals surface area contributed by atoms with E-state index in [0.717, 1.165) is 38.7 Å². The van der Waals surface area contributed by atoms with E-state index < -0.39 is 18.3 Å². The first-order chi connectivity index (χ1) is 16.7. The third kappa shape index (κ3) is 5.52. The second kappa shape index (κ2) is 9.88. The van der Waals surface area contributed by atoms with Crippen molar-refractivity contribution in [2.24, 2.45) is 0 Å². The fraction of sp³-hybridized carbons (Fsp3) is 0.208. The number of rotatable bonds is 8. The highest BCUT2D eigenvalue weighted by atomic mass is 32.1. The largest absolute Gasteiger partial charge is 0.573 e. The van der Waals surface area contributed by atoms with Crippen molar-refractivity contribution < 1.29 is 37.2 Å². The van der Waals surface area contributed by atoms with Crippen LogP contribution in [-0.2, 0) is 0 Å². The summed E-state index contributed by atoms with van der Waals surface area (Å²) in [7, 11) is 4.46. The molecule has 1 heterocycles. The van der Waals surface area contributed by atoms with Crippen molar-refractivity contribution in [1.82, 2.24) is 4.98 Å². The molecule has 0 aliphatic heterocycles. The molecule has 0 aliphatic rings. The van der Waals surface area contributed by atoms with Crippen molar-refractivity contribution in [3.05, 3.63) is 60.2 Å². The lowest BCUT2D eigenvalue weighted by molar-refractivity contribution is -0.274. The lowest BCUT2D eigenvalue weighted by Crippen LogP contribution is -2.18. The number of methoxy groups -OCH3 is 3. The first-order valence-electron chi connectivity index (χ1n) is 10.2. The molecule has 0 amide bonds. The highest BCUT2D eigenvalue weighted by Gasteiger charge is 2.31. The number of halogens is 3. The first-order valence-corrected chi connectivity index (χ1v) is 11.0. The van der Waals surface area contributed by atoms with Gasteiger partial charge in [0.15, 0.2) is 6.23 Å². The van der Waals surface area contributed by atoms with Crippen molar-refractivity contribution >= 4 is 27.2 Å². The van der Waals surface area contributed by atoms with Crippen molar-refractivity contribution in [2.75, 3.05) is 26.6 Å². The Morgan fingerprint density at radius 2 is 1.63 bits per heavy atom. The molecule has 0 saturated carbocycles. The number of aromatic nitrogens is 1. The topological polar surface area (TPSA) is 82.1 Å². The molecule has 0 fully saturated rings. The van der Waals surface area contributed by atoms with Crippen LogP contribution in [0.2, 0.25) is 0 Å². The molecule has 4 aromatic rings. The minimum atomic E-state index is -4.86. The highest BCUT2D eigenvalue weighted by Crippen LogP contribution is 2.39. The summed E-state index contributed by atoms with van der Waals surface area (Å²) < 4.78 is 58.7. The monoisotopic (exact) mass is 506 g/mol. The molecule has 4 rings (SSSR count). The summed E-state index contributed by atoms with van der Waals surface area (Å²) >= 11 is 1.47. The van der Waals surface area contributed by atoms with Crippen LogP contribution < -0.4 is 24.3 Å². The Morgan fingerprint density at radius 3 is 2.31 bits per heavy atom. The van der Waals surface area contributed by atoms with E-state index in [0.29, 0.717) is 11.4 Å². The Balaban J connectivity index is 1.61. The molecule has 1 unspecified atom stereocenters. The molecule has 2 N–H and O–H groups in total. The molecule has 0 aliphatic carbocycles. The predicted molar refractivity (Wildman–Crippen MR) is 126 cm³/mol. The average Bonchev–Trinajstić information content (AvgIpc) is 3.25. The summed E-state index contributed by atoms with van der Waals surface area (Å²) in [4.78, 5) is 4.66. The van der Waals surface area contributed by atoms with Crippen molar-refractivity contribution in [3.63, 3.8) is 0 Å². The van der Waals surface area contributed by atoms with Gasteiger partial charge < -0.3 is 29.4 Å². The fourth-order valence-corrected chi connectivity index (χ4v) is 4.49. The summed E-state index contributed by atoms with van der Waals surface area (Å²) in [6.07, 6.45) is -6.26. The third-order valence-electron chi connectivity index (χ3n) is 5.06. The van der Waals surface area contributed by atoms with Gasteiger partial charge in [-0.25, -0.2) is 4.98 Å². The quantitative estimate of drug-likeness (QED) is 0.284. The van der Waals surface area contributed by atoms with Gasteiger partial charge in [0.25, 0.3) is 0 Å². The van der Waals surface area contributed by atoms with Crippen molar-refractivity contribution in [3.8, 4) is 33.6 Å². The van der Waals surface area contributed by atoms with Crippen LogP contribution in [0.3, 0.4) is 0 Å². The van der Waals surface area contributed by atoms with Crippen molar-refractivity contribution in [2.45, 2.75) is 12.6 Å². The number of ether oxygens (including phenoxy) is 4. The fourth-order valence-electron chi connectivity index (χ4n) is 3.46. The maximum absolute atomic E-state index is 12.6. The number of aliphatic hydroxyl groups is 1. The zero-order chi connectivity index (χ0) is 25.2. The molecule has 11 heteroatoms. The molecule has 1 aromatic heterocycles. The molecule has 35 heavy (non-hydrogen) atoms. The first kappa shape index (κ1) is 24.4. The Hall–Kier alpha value is -3.70. The number of hydrogen-bond acceptors (Lipinski definition) is 8. The van der Waals surface area contributed by atoms with Crippen LogP contribution in [0.15, 0.2) is 54.6 Å². The summed E-state index contributed by atoms with van der Waals surface area (Å²) in [6, 6.07) is 14.2. The number of thiazole rings is 1. The number of nitrogens with zero attached hydrogens (tertiary/aromatic N) is 1. The molecule has 0 saturated heterocycles. The lowest BCUT2D eigenvalue weighted by atomic mass is 10.1. The predicted octanol–water partition coefficient (Wildman–Crippen LogP) is 5.99. The SMILES string of the molecule is COc1ccc2nc(-c3ccc(NC(O)c4cc(OC(F)(F)F)ccc4OC)cc3OC)sc2c1. The van der Waals surface area contributed by atoms with Gasteiger partial charge in [-0.2, -0.15) is 0 Å². The van der Waals surface area contributed by atoms with Crippen LogP contribution in [-0.4, -0.2) is 37.8 Å². The van der Waals surface area contributed by atoms with Crippen LogP contribution in [0.4, 0.5) is 18.9 Å². The van der Waals surface area contributed by atoms with Gasteiger partial charge in [-0.05, 0) is 48.5 Å². The smallest absolute Gasteiger partial charge is 0.497 e. The summed E-state index contributed by atoms with van der Waals surface area (Å²) in [5.74, 6) is 0.935. The lowest BCUT2D eigenvalue weighted by Gasteiger charge is -2.19. The minimum Gasteiger partial charge on any atom is -0.497 e. The summed E-state index contributed by atoms with van der Waals surface area (Å²) in [5, 5.41) is 14.3. The number of benzene rings is 3. The number of anilines is 1. The van der Waals surface area contributed by atoms with Gasteiger partial charge in [0, 0.05) is 17.3 Å². The van der Waals surface area contributed by atoms with Gasteiger partial charge in [0.2, 0.25) is 0 Å². The molecule has 7 nitrogen and oxygen atoms in total. The van der Waals surface area contributed by atoms with Crippen LogP contribution >= 0.6 is 11.3 Å². The zero-order valence-corrected chi connectivity index (χ0v) is 19.7. The zero-order valence-electron chi connectivity index (χ0n) is 18.8. The Labute approximate surface area is 202 Å². The average molecular weight is 507 g/mol. The molecular formula is C24H21F3N2O5S. The molecule has 1 atom stereocenters. The van der Waals surface area contributed by atoms with Gasteiger partial charge in [0.1, 0.15) is 28.0 Å². The second-order valence-electron chi connectivity index (χ2n) is 7.27. The molecular weight excluding hydrogens is 485 g/mol. The van der Waals surface area contributed by atoms with E-state index in [2.05, 4.69) is 15.0 Å². The number of nitrogens with one attached hydrogen (secondary N) is 1. The summed E-state index contributed by atoms with van der Waals surface area (Å²) in [6.45, 7) is 0. The molecule has 0 bridgehead atoms. The van der Waals surface area contributed by atoms with Crippen LogP contribution in [0.1, 0.15) is 11.8 Å². The van der Waals surface area contributed by atoms with E-state index in [1.165, 1.54) is 31.6 Å². The van der Waals surface area contributed by atoms with Gasteiger partial charge >= 0.3 is 6.36 Å². The van der Waals surface area contributed by atoms with Crippen LogP contribution in [0, 0.1) is 0 Å². The second-order valence-corrected chi connectivity index (χ2v) is 8.30. The Morgan fingerprint density at radius 1 is 0.886 bits per heavy atom. The highest BCUT2D eigenvalue weighted by molar-refractivity contribution is 7.21. The van der Waals surface area contributed by atoms with E-state index in [1.807, 2.05) is 18.2 Å². The maximum Gasteiger partial charge on any atom is 0.573 e. The van der Waals surface area contributed by atoms with Crippen LogP contribution in [0.5, 0.6) is 23.0 Å². The number of fused-ring (bicyclic) bond motifs is 1. The number of aliphatic hydroxyl groups excluding tert-OH is 1. The minimum absolute atomic E-state index is 0.0670. The van der Waals surface area contributed by atoms with Gasteiger partial charge in [-0.1, -0.05) is 0 Å². The normalized spacial score (nSPS) is 12.3.